The van der Waals surface area contributed by atoms with Gasteiger partial charge in [0.05, 0.1) is 11.3 Å². The lowest BCUT2D eigenvalue weighted by Crippen LogP contribution is -2.54. The Hall–Kier alpha value is -3.56. The number of amides is 2. The van der Waals surface area contributed by atoms with Gasteiger partial charge in [-0.3, -0.25) is 19.8 Å². The van der Waals surface area contributed by atoms with E-state index in [1.54, 1.807) is 42.5 Å². The summed E-state index contributed by atoms with van der Waals surface area (Å²) >= 11 is 8.54. The van der Waals surface area contributed by atoms with Gasteiger partial charge in [-0.15, -0.1) is 0 Å². The van der Waals surface area contributed by atoms with Gasteiger partial charge in [0.2, 0.25) is 0 Å². The molecule has 0 unspecified atom stereocenters. The van der Waals surface area contributed by atoms with E-state index in [1.165, 1.54) is 23.1 Å². The van der Waals surface area contributed by atoms with E-state index in [-0.39, 0.29) is 22.0 Å². The molecule has 2 N–H and O–H groups in total. The highest BCUT2D eigenvalue weighted by Crippen LogP contribution is 2.27. The molecule has 1 aliphatic rings. The van der Waals surface area contributed by atoms with Gasteiger partial charge in [0, 0.05) is 10.0 Å². The van der Waals surface area contributed by atoms with E-state index in [9.17, 15) is 14.4 Å². The maximum absolute atomic E-state index is 13.0. The summed E-state index contributed by atoms with van der Waals surface area (Å²) in [6.45, 7) is 0. The lowest BCUT2D eigenvalue weighted by molar-refractivity contribution is -0.122. The van der Waals surface area contributed by atoms with Crippen LogP contribution in [0.15, 0.2) is 75.1 Å². The molecule has 0 aliphatic carbocycles. The lowest BCUT2D eigenvalue weighted by atomic mass is 10.1. The minimum Gasteiger partial charge on any atom is -0.478 e. The summed E-state index contributed by atoms with van der Waals surface area (Å²) in [5, 5.41) is 11.5. The molecule has 0 saturated carbocycles. The Bertz CT molecular complexity index is 1260. The number of nitrogens with zero attached hydrogens (tertiary/aromatic N) is 1. The molecule has 1 aromatic heterocycles. The van der Waals surface area contributed by atoms with E-state index in [1.807, 2.05) is 6.07 Å². The largest absolute Gasteiger partial charge is 0.478 e. The number of hydrogen-bond acceptors (Lipinski definition) is 5. The van der Waals surface area contributed by atoms with Gasteiger partial charge in [-0.1, -0.05) is 34.1 Å². The molecule has 31 heavy (non-hydrogen) atoms. The van der Waals surface area contributed by atoms with E-state index in [0.29, 0.717) is 17.0 Å². The van der Waals surface area contributed by atoms with Crippen LogP contribution >= 0.6 is 28.1 Å². The van der Waals surface area contributed by atoms with Gasteiger partial charge >= 0.3 is 5.97 Å². The summed E-state index contributed by atoms with van der Waals surface area (Å²) in [7, 11) is 0. The van der Waals surface area contributed by atoms with E-state index in [4.69, 9.17) is 21.7 Å². The average Bonchev–Trinajstić information content (AvgIpc) is 3.20. The van der Waals surface area contributed by atoms with Crippen LogP contribution in [0.2, 0.25) is 0 Å². The van der Waals surface area contributed by atoms with Gasteiger partial charge in [0.1, 0.15) is 17.1 Å². The molecule has 7 nitrogen and oxygen atoms in total. The van der Waals surface area contributed by atoms with Gasteiger partial charge < -0.3 is 9.52 Å². The van der Waals surface area contributed by atoms with Crippen LogP contribution in [0, 0.1) is 0 Å². The Morgan fingerprint density at radius 3 is 2.52 bits per heavy atom. The zero-order valence-corrected chi connectivity index (χ0v) is 18.1. The van der Waals surface area contributed by atoms with E-state index < -0.39 is 17.8 Å². The van der Waals surface area contributed by atoms with Crippen molar-refractivity contribution in [3.05, 3.63) is 82.0 Å². The highest BCUT2D eigenvalue weighted by Gasteiger charge is 2.34. The summed E-state index contributed by atoms with van der Waals surface area (Å²) in [5.41, 5.74) is 1.20. The van der Waals surface area contributed by atoms with Crippen molar-refractivity contribution in [2.75, 3.05) is 4.90 Å². The number of benzene rings is 2. The number of carbonyl (C=O) groups is 3. The minimum atomic E-state index is -1.02. The minimum absolute atomic E-state index is 0.0103. The third-order valence-electron chi connectivity index (χ3n) is 4.50. The molecule has 2 heterocycles. The fraction of sp³-hybridized carbons (Fsp3) is 0. The molecule has 0 spiro atoms. The van der Waals surface area contributed by atoms with Crippen LogP contribution in [0.4, 0.5) is 5.69 Å². The SMILES string of the molecule is O=C1NC(=S)N(c2cccc(Br)c2)C(=O)/C1=C/c1ccc(-c2ccc(C(=O)O)cc2)o1. The molecule has 0 atom stereocenters. The van der Waals surface area contributed by atoms with Crippen LogP contribution in [-0.4, -0.2) is 28.0 Å². The molecule has 1 aliphatic heterocycles. The second kappa shape index (κ2) is 8.29. The number of carbonyl (C=O) groups excluding carboxylic acids is 2. The maximum atomic E-state index is 13.0. The fourth-order valence-corrected chi connectivity index (χ4v) is 3.68. The first-order valence-corrected chi connectivity index (χ1v) is 10.1. The smallest absolute Gasteiger partial charge is 0.335 e. The van der Waals surface area contributed by atoms with Crippen molar-refractivity contribution in [1.82, 2.24) is 5.32 Å². The number of rotatable bonds is 4. The van der Waals surface area contributed by atoms with Crippen molar-refractivity contribution >= 4 is 62.8 Å². The number of carboxylic acids is 1. The monoisotopic (exact) mass is 496 g/mol. The number of aromatic carboxylic acids is 1. The van der Waals surface area contributed by atoms with Crippen LogP contribution in [0.1, 0.15) is 16.1 Å². The highest BCUT2D eigenvalue weighted by atomic mass is 79.9. The van der Waals surface area contributed by atoms with Gasteiger partial charge in [0.15, 0.2) is 5.11 Å². The van der Waals surface area contributed by atoms with Crippen molar-refractivity contribution < 1.29 is 23.9 Å². The molecule has 9 heteroatoms. The standard InChI is InChI=1S/C22H13BrN2O5S/c23-14-2-1-3-15(10-14)25-20(27)17(19(26)24-22(25)31)11-16-8-9-18(30-16)12-4-6-13(7-5-12)21(28)29/h1-11H,(H,28,29)(H,24,26,31)/b17-11+. The number of hydrogen-bond donors (Lipinski definition) is 2. The summed E-state index contributed by atoms with van der Waals surface area (Å²) < 4.78 is 6.50. The molecule has 1 fully saturated rings. The zero-order valence-electron chi connectivity index (χ0n) is 15.7. The Kier molecular flexibility index (Phi) is 5.53. The molecule has 1 saturated heterocycles. The Morgan fingerprint density at radius 2 is 1.84 bits per heavy atom. The molecule has 2 aromatic carbocycles. The molecule has 3 aromatic rings. The zero-order chi connectivity index (χ0) is 22.1. The average molecular weight is 497 g/mol. The van der Waals surface area contributed by atoms with Crippen molar-refractivity contribution in [1.29, 1.82) is 0 Å². The van der Waals surface area contributed by atoms with Gasteiger partial charge in [-0.2, -0.15) is 0 Å². The third-order valence-corrected chi connectivity index (χ3v) is 5.28. The van der Waals surface area contributed by atoms with Crippen LogP contribution in [0.25, 0.3) is 17.4 Å². The van der Waals surface area contributed by atoms with Crippen molar-refractivity contribution in [2.45, 2.75) is 0 Å². The predicted molar refractivity (Wildman–Crippen MR) is 121 cm³/mol. The summed E-state index contributed by atoms with van der Waals surface area (Å²) in [4.78, 5) is 37.7. The normalized spacial score (nSPS) is 15.3. The van der Waals surface area contributed by atoms with Gasteiger partial charge in [-0.05, 0) is 60.8 Å². The first-order chi connectivity index (χ1) is 14.8. The summed E-state index contributed by atoms with van der Waals surface area (Å²) in [5.74, 6) is -1.46. The maximum Gasteiger partial charge on any atom is 0.335 e. The third kappa shape index (κ3) is 4.18. The van der Waals surface area contributed by atoms with Crippen LogP contribution in [0.3, 0.4) is 0 Å². The van der Waals surface area contributed by atoms with E-state index >= 15 is 0 Å². The Morgan fingerprint density at radius 1 is 1.10 bits per heavy atom. The topological polar surface area (TPSA) is 99.9 Å². The molecular formula is C22H13BrN2O5S. The van der Waals surface area contributed by atoms with Crippen LogP contribution in [-0.2, 0) is 9.59 Å². The van der Waals surface area contributed by atoms with Crippen LogP contribution < -0.4 is 10.2 Å². The first kappa shape index (κ1) is 20.7. The Balaban J connectivity index is 1.64. The molecule has 4 rings (SSSR count). The van der Waals surface area contributed by atoms with E-state index in [0.717, 1.165) is 4.47 Å². The first-order valence-electron chi connectivity index (χ1n) is 8.94. The summed E-state index contributed by atoms with van der Waals surface area (Å²) in [6, 6.07) is 16.4. The lowest BCUT2D eigenvalue weighted by Gasteiger charge is -2.28. The predicted octanol–water partition coefficient (Wildman–Crippen LogP) is 4.24. The molecule has 0 radical (unpaired) electrons. The summed E-state index contributed by atoms with van der Waals surface area (Å²) in [6.07, 6.45) is 1.35. The number of carboxylic acid groups (broad SMARTS) is 1. The molecular weight excluding hydrogens is 484 g/mol. The Labute approximate surface area is 190 Å². The van der Waals surface area contributed by atoms with Crippen molar-refractivity contribution in [2.24, 2.45) is 0 Å². The van der Waals surface area contributed by atoms with Crippen molar-refractivity contribution in [3.63, 3.8) is 0 Å². The number of anilines is 1. The van der Waals surface area contributed by atoms with Crippen molar-refractivity contribution in [3.8, 4) is 11.3 Å². The number of nitrogens with one attached hydrogen (secondary N) is 1. The molecule has 2 amide bonds. The number of thiocarbonyl (C=S) groups is 1. The second-order valence-corrected chi connectivity index (χ2v) is 7.82. The van der Waals surface area contributed by atoms with Gasteiger partial charge in [-0.25, -0.2) is 4.79 Å². The van der Waals surface area contributed by atoms with Gasteiger partial charge in [0.25, 0.3) is 11.8 Å². The van der Waals surface area contributed by atoms with Crippen LogP contribution in [0.5, 0.6) is 0 Å². The molecule has 154 valence electrons. The quantitative estimate of drug-likeness (QED) is 0.318. The van der Waals surface area contributed by atoms with E-state index in [2.05, 4.69) is 21.2 Å². The number of halogens is 1. The number of furan rings is 1. The fourth-order valence-electron chi connectivity index (χ4n) is 3.01. The second-order valence-electron chi connectivity index (χ2n) is 6.52. The molecule has 0 bridgehead atoms. The highest BCUT2D eigenvalue weighted by molar-refractivity contribution is 9.10.